The highest BCUT2D eigenvalue weighted by atomic mass is 35.5. The van der Waals surface area contributed by atoms with E-state index in [-0.39, 0.29) is 45.2 Å². The predicted octanol–water partition coefficient (Wildman–Crippen LogP) is 4.31. The minimum Gasteiger partial charge on any atom is -0.393 e. The molecule has 0 saturated heterocycles. The number of hydrogen-bond donors (Lipinski definition) is 4. The molecule has 1 aromatic carbocycles. The van der Waals surface area contributed by atoms with Crippen molar-refractivity contribution in [3.8, 4) is 0 Å². The number of aliphatic hydroxyl groups is 2. The van der Waals surface area contributed by atoms with Gasteiger partial charge in [0.05, 0.1) is 22.9 Å². The van der Waals surface area contributed by atoms with E-state index in [2.05, 4.69) is 10.0 Å². The lowest BCUT2D eigenvalue weighted by molar-refractivity contribution is -0.0194. The molecule has 4 atom stereocenters. The Labute approximate surface area is 225 Å². The van der Waals surface area contributed by atoms with Crippen molar-refractivity contribution in [2.45, 2.75) is 69.0 Å². The Hall–Kier alpha value is -2.31. The first-order valence-corrected chi connectivity index (χ1v) is 14.4. The van der Waals surface area contributed by atoms with Crippen molar-refractivity contribution < 1.29 is 32.2 Å². The fourth-order valence-electron chi connectivity index (χ4n) is 5.39. The lowest BCUT2D eigenvalue weighted by Crippen LogP contribution is -2.44. The summed E-state index contributed by atoms with van der Waals surface area (Å²) in [6.45, 7) is 3.30. The van der Waals surface area contributed by atoms with Gasteiger partial charge in [-0.3, -0.25) is 4.79 Å². The fraction of sp³-hybridized carbons (Fsp3) is 0.500. The summed E-state index contributed by atoms with van der Waals surface area (Å²) in [5.74, 6) is -3.21. The predicted molar refractivity (Wildman–Crippen MR) is 140 cm³/mol. The molecular formula is C26H32ClF2N3O5S. The Bertz CT molecular complexity index is 1360. The van der Waals surface area contributed by atoms with Crippen molar-refractivity contribution >= 4 is 39.3 Å². The molecule has 2 heterocycles. The molecule has 1 aliphatic carbocycles. The molecule has 4 unspecified atom stereocenters. The molecule has 4 rings (SSSR count). The van der Waals surface area contributed by atoms with Crippen LogP contribution in [-0.4, -0.2) is 47.4 Å². The van der Waals surface area contributed by atoms with Crippen LogP contribution in [0.15, 0.2) is 29.2 Å². The maximum atomic E-state index is 13.8. The van der Waals surface area contributed by atoms with Gasteiger partial charge in [0, 0.05) is 24.3 Å². The first kappa shape index (κ1) is 28.7. The van der Waals surface area contributed by atoms with E-state index in [0.29, 0.717) is 25.8 Å². The lowest BCUT2D eigenvalue weighted by Gasteiger charge is -2.30. The number of amides is 1. The highest BCUT2D eigenvalue weighted by molar-refractivity contribution is 7.89. The van der Waals surface area contributed by atoms with Crippen LogP contribution >= 0.6 is 11.6 Å². The highest BCUT2D eigenvalue weighted by Gasteiger charge is 2.42. The number of aromatic nitrogens is 1. The minimum atomic E-state index is -4.25. The summed E-state index contributed by atoms with van der Waals surface area (Å²) in [6.07, 6.45) is 6.35. The van der Waals surface area contributed by atoms with E-state index in [4.69, 9.17) is 11.6 Å². The molecule has 1 aromatic heterocycles. The van der Waals surface area contributed by atoms with Crippen molar-refractivity contribution in [1.82, 2.24) is 9.29 Å². The van der Waals surface area contributed by atoms with Gasteiger partial charge in [-0.1, -0.05) is 24.6 Å². The number of rotatable bonds is 8. The summed E-state index contributed by atoms with van der Waals surface area (Å²) in [7, 11) is -4.25. The van der Waals surface area contributed by atoms with Crippen LogP contribution < -0.4 is 10.0 Å². The fourth-order valence-corrected chi connectivity index (χ4v) is 7.67. The van der Waals surface area contributed by atoms with Gasteiger partial charge in [0.2, 0.25) is 10.0 Å². The lowest BCUT2D eigenvalue weighted by atomic mass is 9.88. The number of aliphatic hydroxyl groups excluding tert-OH is 1. The number of carbonyl (C=O) groups is 1. The first-order valence-electron chi connectivity index (χ1n) is 12.5. The Morgan fingerprint density at radius 1 is 1.26 bits per heavy atom. The largest absolute Gasteiger partial charge is 0.393 e. The zero-order chi connectivity index (χ0) is 27.8. The Morgan fingerprint density at radius 2 is 2.00 bits per heavy atom. The van der Waals surface area contributed by atoms with Gasteiger partial charge in [0.1, 0.15) is 10.6 Å². The standard InChI is InChI=1S/C26H32ClF2N3O5S/c1-15-7-8-16(13-26(2,35)14-33)22(15)31-38(36,37)24-20-6-4-3-5-11-32(20)23(21(24)27)25(34)30-17-9-10-18(28)19(29)12-17/h4,6,9-10,12,15-16,22,31,33,35H,3,5,7-8,11,13-14H2,1-2H3,(H,30,34). The topological polar surface area (TPSA) is 121 Å². The summed E-state index contributed by atoms with van der Waals surface area (Å²) in [5.41, 5.74) is -1.21. The average Bonchev–Trinajstić information content (AvgIpc) is 3.20. The van der Waals surface area contributed by atoms with Crippen molar-refractivity contribution in [2.75, 3.05) is 11.9 Å². The van der Waals surface area contributed by atoms with E-state index in [1.165, 1.54) is 17.6 Å². The number of fused-ring (bicyclic) bond motifs is 1. The van der Waals surface area contributed by atoms with Gasteiger partial charge in [-0.25, -0.2) is 21.9 Å². The van der Waals surface area contributed by atoms with E-state index in [1.54, 1.807) is 6.08 Å². The molecule has 4 N–H and O–H groups in total. The number of halogens is 3. The normalized spacial score (nSPS) is 23.1. The summed E-state index contributed by atoms with van der Waals surface area (Å²) >= 11 is 6.62. The van der Waals surface area contributed by atoms with Crippen LogP contribution in [0.25, 0.3) is 6.08 Å². The second kappa shape index (κ2) is 11.1. The Balaban J connectivity index is 1.71. The molecule has 38 heavy (non-hydrogen) atoms. The molecular weight excluding hydrogens is 540 g/mol. The number of nitrogens with one attached hydrogen (secondary N) is 2. The van der Waals surface area contributed by atoms with Gasteiger partial charge < -0.3 is 20.1 Å². The summed E-state index contributed by atoms with van der Waals surface area (Å²) in [4.78, 5) is 13.0. The molecule has 208 valence electrons. The quantitative estimate of drug-likeness (QED) is 0.376. The second-order valence-electron chi connectivity index (χ2n) is 10.5. The van der Waals surface area contributed by atoms with Crippen LogP contribution in [0.3, 0.4) is 0 Å². The number of sulfonamides is 1. The third-order valence-corrected chi connectivity index (χ3v) is 9.35. The van der Waals surface area contributed by atoms with E-state index in [1.807, 2.05) is 13.0 Å². The van der Waals surface area contributed by atoms with Crippen LogP contribution in [0.1, 0.15) is 62.1 Å². The SMILES string of the molecule is CC1CCC(CC(C)(O)CO)C1NS(=O)(=O)c1c(Cl)c(C(=O)Nc2ccc(F)c(F)c2)n2c1C=CCCC2. The van der Waals surface area contributed by atoms with E-state index in [0.717, 1.165) is 18.6 Å². The third kappa shape index (κ3) is 5.81. The van der Waals surface area contributed by atoms with Crippen LogP contribution in [0.4, 0.5) is 14.5 Å². The van der Waals surface area contributed by atoms with Crippen molar-refractivity contribution in [2.24, 2.45) is 11.8 Å². The average molecular weight is 572 g/mol. The number of benzene rings is 1. The van der Waals surface area contributed by atoms with Gasteiger partial charge in [0.15, 0.2) is 11.6 Å². The summed E-state index contributed by atoms with van der Waals surface area (Å²) < 4.78 is 59.0. The smallest absolute Gasteiger partial charge is 0.273 e. The maximum Gasteiger partial charge on any atom is 0.273 e. The first-order chi connectivity index (χ1) is 17.8. The Kier molecular flexibility index (Phi) is 8.34. The molecule has 2 aromatic rings. The number of nitrogens with zero attached hydrogens (tertiary/aromatic N) is 1. The molecule has 1 saturated carbocycles. The summed E-state index contributed by atoms with van der Waals surface area (Å²) in [5, 5.41) is 22.1. The van der Waals surface area contributed by atoms with Crippen LogP contribution in [-0.2, 0) is 16.6 Å². The van der Waals surface area contributed by atoms with Gasteiger partial charge >= 0.3 is 0 Å². The van der Waals surface area contributed by atoms with Gasteiger partial charge in [-0.2, -0.15) is 0 Å². The molecule has 0 spiro atoms. The molecule has 12 heteroatoms. The molecule has 1 fully saturated rings. The molecule has 1 amide bonds. The van der Waals surface area contributed by atoms with Crippen LogP contribution in [0, 0.1) is 23.5 Å². The van der Waals surface area contributed by atoms with Gasteiger partial charge in [0.25, 0.3) is 5.91 Å². The van der Waals surface area contributed by atoms with Gasteiger partial charge in [-0.15, -0.1) is 0 Å². The maximum absolute atomic E-state index is 13.8. The number of anilines is 1. The number of carbonyl (C=O) groups excluding carboxylic acids is 1. The van der Waals surface area contributed by atoms with E-state index >= 15 is 0 Å². The molecule has 8 nitrogen and oxygen atoms in total. The molecule has 0 bridgehead atoms. The van der Waals surface area contributed by atoms with Crippen molar-refractivity contribution in [3.05, 3.63) is 52.3 Å². The molecule has 1 aliphatic heterocycles. The van der Waals surface area contributed by atoms with E-state index < -0.39 is 45.8 Å². The van der Waals surface area contributed by atoms with Crippen LogP contribution in [0.2, 0.25) is 5.02 Å². The van der Waals surface area contributed by atoms with Crippen LogP contribution in [0.5, 0.6) is 0 Å². The van der Waals surface area contributed by atoms with Crippen molar-refractivity contribution in [3.63, 3.8) is 0 Å². The van der Waals surface area contributed by atoms with Gasteiger partial charge in [-0.05, 0) is 69.1 Å². The zero-order valence-electron chi connectivity index (χ0n) is 21.2. The third-order valence-electron chi connectivity index (χ3n) is 7.34. The number of allylic oxidation sites excluding steroid dienone is 1. The number of hydrogen-bond acceptors (Lipinski definition) is 5. The van der Waals surface area contributed by atoms with E-state index in [9.17, 15) is 32.2 Å². The zero-order valence-corrected chi connectivity index (χ0v) is 22.7. The monoisotopic (exact) mass is 571 g/mol. The molecule has 2 aliphatic rings. The highest BCUT2D eigenvalue weighted by Crippen LogP contribution is 2.40. The van der Waals surface area contributed by atoms with Crippen molar-refractivity contribution in [1.29, 1.82) is 0 Å². The molecule has 0 radical (unpaired) electrons. The summed E-state index contributed by atoms with van der Waals surface area (Å²) in [6, 6.07) is 2.38. The Morgan fingerprint density at radius 3 is 2.68 bits per heavy atom. The minimum absolute atomic E-state index is 0.00855. The second-order valence-corrected chi connectivity index (χ2v) is 12.5.